The number of nitrogens with one attached hydrogen (secondary N) is 1. The van der Waals surface area contributed by atoms with E-state index in [2.05, 4.69) is 21.2 Å². The highest BCUT2D eigenvalue weighted by molar-refractivity contribution is 9.10. The number of anilines is 1. The molecule has 4 rings (SSSR count). The van der Waals surface area contributed by atoms with Crippen LogP contribution in [0, 0.1) is 13.8 Å². The van der Waals surface area contributed by atoms with Crippen LogP contribution < -0.4 is 9.62 Å². The lowest BCUT2D eigenvalue weighted by atomic mass is 10.0. The molecule has 44 heavy (non-hydrogen) atoms. The first kappa shape index (κ1) is 33.0. The molecule has 0 aliphatic carbocycles. The molecule has 1 atom stereocenters. The molecule has 0 radical (unpaired) electrons. The minimum absolute atomic E-state index is 0.0772. The van der Waals surface area contributed by atoms with Crippen molar-refractivity contribution in [1.29, 1.82) is 0 Å². The minimum atomic E-state index is -4.14. The van der Waals surface area contributed by atoms with Crippen molar-refractivity contribution in [3.05, 3.63) is 130 Å². The van der Waals surface area contributed by atoms with E-state index in [0.29, 0.717) is 5.69 Å². The molecule has 0 saturated heterocycles. The molecule has 0 aromatic heterocycles. The van der Waals surface area contributed by atoms with Crippen molar-refractivity contribution in [2.24, 2.45) is 0 Å². The van der Waals surface area contributed by atoms with Gasteiger partial charge in [0.2, 0.25) is 11.8 Å². The molecular formula is C35H38BrN3O4S. The Morgan fingerprint density at radius 1 is 0.795 bits per heavy atom. The van der Waals surface area contributed by atoms with Crippen LogP contribution in [-0.2, 0) is 32.6 Å². The number of sulfonamides is 1. The monoisotopic (exact) mass is 675 g/mol. The summed E-state index contributed by atoms with van der Waals surface area (Å²) in [5, 5.41) is 2.97. The average molecular weight is 677 g/mol. The maximum Gasteiger partial charge on any atom is 0.264 e. The maximum absolute atomic E-state index is 14.5. The summed E-state index contributed by atoms with van der Waals surface area (Å²) in [5.74, 6) is -0.809. The van der Waals surface area contributed by atoms with Crippen molar-refractivity contribution in [3.8, 4) is 0 Å². The number of amides is 2. The molecule has 0 fully saturated rings. The van der Waals surface area contributed by atoms with Gasteiger partial charge in [0.25, 0.3) is 10.0 Å². The number of carbonyl (C=O) groups excluding carboxylic acids is 2. The van der Waals surface area contributed by atoms with E-state index in [9.17, 15) is 18.0 Å². The van der Waals surface area contributed by atoms with Crippen LogP contribution in [0.15, 0.2) is 112 Å². The Hall–Kier alpha value is -3.95. The predicted octanol–water partition coefficient (Wildman–Crippen LogP) is 6.43. The van der Waals surface area contributed by atoms with Crippen molar-refractivity contribution in [2.75, 3.05) is 10.8 Å². The summed E-state index contributed by atoms with van der Waals surface area (Å²) in [6, 6.07) is 29.5. The fourth-order valence-electron chi connectivity index (χ4n) is 4.84. The van der Waals surface area contributed by atoms with Gasteiger partial charge < -0.3 is 10.2 Å². The van der Waals surface area contributed by atoms with Crippen LogP contribution in [0.2, 0.25) is 0 Å². The third-order valence-corrected chi connectivity index (χ3v) is 9.44. The predicted molar refractivity (Wildman–Crippen MR) is 179 cm³/mol. The standard InChI is InChI=1S/C35H38BrN3O4S/c1-25(2)37-35(41)33(22-28-9-6-5-7-10-28)38(23-29-11-8-12-30(36)21-29)34(40)24-39(31-17-13-26(3)14-18-31)44(42,43)32-19-15-27(4)16-20-32/h5-21,25,33H,22-24H2,1-4H3,(H,37,41)/t33-/m0/s1. The molecule has 0 spiro atoms. The van der Waals surface area contributed by atoms with Gasteiger partial charge in [0.15, 0.2) is 0 Å². The molecule has 1 N–H and O–H groups in total. The van der Waals surface area contributed by atoms with Gasteiger partial charge in [0.05, 0.1) is 10.6 Å². The van der Waals surface area contributed by atoms with Gasteiger partial charge in [-0.1, -0.05) is 93.8 Å². The second-order valence-electron chi connectivity index (χ2n) is 11.2. The molecular weight excluding hydrogens is 638 g/mol. The van der Waals surface area contributed by atoms with Gasteiger partial charge >= 0.3 is 0 Å². The van der Waals surface area contributed by atoms with E-state index < -0.39 is 28.5 Å². The van der Waals surface area contributed by atoms with Gasteiger partial charge in [-0.25, -0.2) is 8.42 Å². The lowest BCUT2D eigenvalue weighted by Gasteiger charge is -2.34. The summed E-state index contributed by atoms with van der Waals surface area (Å²) in [4.78, 5) is 29.8. The Morgan fingerprint density at radius 3 is 1.98 bits per heavy atom. The fourth-order valence-corrected chi connectivity index (χ4v) is 6.70. The fraction of sp³-hybridized carbons (Fsp3) is 0.257. The highest BCUT2D eigenvalue weighted by Crippen LogP contribution is 2.26. The molecule has 230 valence electrons. The Labute approximate surface area is 269 Å². The third kappa shape index (κ3) is 8.57. The molecule has 0 aliphatic heterocycles. The van der Waals surface area contributed by atoms with E-state index in [1.807, 2.05) is 94.4 Å². The minimum Gasteiger partial charge on any atom is -0.352 e. The van der Waals surface area contributed by atoms with Gasteiger partial charge in [0.1, 0.15) is 12.6 Å². The summed E-state index contributed by atoms with van der Waals surface area (Å²) in [6.45, 7) is 7.14. The molecule has 4 aromatic carbocycles. The van der Waals surface area contributed by atoms with E-state index in [1.54, 1.807) is 36.4 Å². The lowest BCUT2D eigenvalue weighted by Crippen LogP contribution is -2.54. The van der Waals surface area contributed by atoms with Crippen molar-refractivity contribution in [1.82, 2.24) is 10.2 Å². The molecule has 0 aliphatic rings. The normalized spacial score (nSPS) is 12.0. The summed E-state index contributed by atoms with van der Waals surface area (Å²) in [6.07, 6.45) is 0.258. The number of hydrogen-bond acceptors (Lipinski definition) is 4. The second kappa shape index (κ2) is 14.7. The van der Waals surface area contributed by atoms with Gasteiger partial charge in [-0.3, -0.25) is 13.9 Å². The molecule has 4 aromatic rings. The molecule has 9 heteroatoms. The van der Waals surface area contributed by atoms with Crippen molar-refractivity contribution in [3.63, 3.8) is 0 Å². The van der Waals surface area contributed by atoms with Crippen molar-refractivity contribution < 1.29 is 18.0 Å². The van der Waals surface area contributed by atoms with Crippen LogP contribution in [0.5, 0.6) is 0 Å². The Bertz CT molecular complexity index is 1680. The number of nitrogens with zero attached hydrogens (tertiary/aromatic N) is 2. The highest BCUT2D eigenvalue weighted by Gasteiger charge is 2.34. The number of halogens is 1. The second-order valence-corrected chi connectivity index (χ2v) is 14.0. The smallest absolute Gasteiger partial charge is 0.264 e. The van der Waals surface area contributed by atoms with Gasteiger partial charge in [-0.15, -0.1) is 0 Å². The summed E-state index contributed by atoms with van der Waals surface area (Å²) in [5.41, 5.74) is 3.91. The SMILES string of the molecule is Cc1ccc(N(CC(=O)N(Cc2cccc(Br)c2)[C@@H](Cc2ccccc2)C(=O)NC(C)C)S(=O)(=O)c2ccc(C)cc2)cc1. The zero-order valence-corrected chi connectivity index (χ0v) is 27.8. The zero-order valence-electron chi connectivity index (χ0n) is 25.4. The van der Waals surface area contributed by atoms with Crippen LogP contribution in [0.4, 0.5) is 5.69 Å². The molecule has 0 unspecified atom stereocenters. The van der Waals surface area contributed by atoms with Crippen LogP contribution >= 0.6 is 15.9 Å². The molecule has 0 heterocycles. The Kier molecular flexibility index (Phi) is 11.0. The first-order valence-electron chi connectivity index (χ1n) is 14.5. The van der Waals surface area contributed by atoms with E-state index in [4.69, 9.17) is 0 Å². The van der Waals surface area contributed by atoms with E-state index in [-0.39, 0.29) is 29.8 Å². The third-order valence-electron chi connectivity index (χ3n) is 7.15. The topological polar surface area (TPSA) is 86.8 Å². The summed E-state index contributed by atoms with van der Waals surface area (Å²) >= 11 is 3.51. The van der Waals surface area contributed by atoms with Crippen LogP contribution in [-0.4, -0.2) is 43.8 Å². The van der Waals surface area contributed by atoms with Gasteiger partial charge in [0, 0.05) is 23.5 Å². The number of aryl methyl sites for hydroxylation is 2. The van der Waals surface area contributed by atoms with Crippen LogP contribution in [0.1, 0.15) is 36.1 Å². The number of carbonyl (C=O) groups is 2. The highest BCUT2D eigenvalue weighted by atomic mass is 79.9. The number of rotatable bonds is 12. The molecule has 2 amide bonds. The van der Waals surface area contributed by atoms with Crippen molar-refractivity contribution in [2.45, 2.75) is 57.6 Å². The van der Waals surface area contributed by atoms with Crippen LogP contribution in [0.25, 0.3) is 0 Å². The van der Waals surface area contributed by atoms with E-state index in [0.717, 1.165) is 31.0 Å². The quantitative estimate of drug-likeness (QED) is 0.188. The molecule has 7 nitrogen and oxygen atoms in total. The van der Waals surface area contributed by atoms with E-state index >= 15 is 0 Å². The lowest BCUT2D eigenvalue weighted by molar-refractivity contribution is -0.140. The maximum atomic E-state index is 14.5. The Morgan fingerprint density at radius 2 is 1.39 bits per heavy atom. The first-order chi connectivity index (χ1) is 20.9. The Balaban J connectivity index is 1.80. The summed E-state index contributed by atoms with van der Waals surface area (Å²) < 4.78 is 30.2. The van der Waals surface area contributed by atoms with E-state index in [1.165, 1.54) is 4.90 Å². The van der Waals surface area contributed by atoms with Gasteiger partial charge in [-0.05, 0) is 75.2 Å². The average Bonchev–Trinajstić information content (AvgIpc) is 2.98. The summed E-state index contributed by atoms with van der Waals surface area (Å²) in [7, 11) is -4.14. The molecule has 0 saturated carbocycles. The van der Waals surface area contributed by atoms with Crippen LogP contribution in [0.3, 0.4) is 0 Å². The molecule has 0 bridgehead atoms. The first-order valence-corrected chi connectivity index (χ1v) is 16.7. The van der Waals surface area contributed by atoms with Crippen molar-refractivity contribution >= 4 is 43.5 Å². The number of benzene rings is 4. The number of hydrogen-bond donors (Lipinski definition) is 1. The largest absolute Gasteiger partial charge is 0.352 e. The van der Waals surface area contributed by atoms with Gasteiger partial charge in [-0.2, -0.15) is 0 Å². The zero-order chi connectivity index (χ0) is 31.9.